The van der Waals surface area contributed by atoms with Gasteiger partial charge in [-0.15, -0.1) is 0 Å². The monoisotopic (exact) mass is 297 g/mol. The van der Waals surface area contributed by atoms with Crippen molar-refractivity contribution in [3.63, 3.8) is 0 Å². The van der Waals surface area contributed by atoms with Crippen LogP contribution in [0.2, 0.25) is 13.1 Å². The Kier molecular flexibility index (Phi) is 7.43. The standard InChI is InChI=1S/C14H23NO4Si/c1-4-5-9-17-14(16)12-19-20(2,3)18-11-13-7-6-8-15-10-13/h6-8,10H,4-5,9,11-12H2,1-3H3. The number of hydrogen-bond donors (Lipinski definition) is 0. The summed E-state index contributed by atoms with van der Waals surface area (Å²) in [7, 11) is -2.33. The van der Waals surface area contributed by atoms with Crippen molar-refractivity contribution in [2.75, 3.05) is 13.2 Å². The van der Waals surface area contributed by atoms with Crippen LogP contribution < -0.4 is 0 Å². The Morgan fingerprint density at radius 3 is 2.80 bits per heavy atom. The maximum atomic E-state index is 11.4. The Morgan fingerprint density at radius 2 is 2.15 bits per heavy atom. The molecule has 0 aliphatic rings. The SMILES string of the molecule is CCCCOC(=O)CO[Si](C)(C)OCc1cccnc1. The number of hydrogen-bond acceptors (Lipinski definition) is 5. The van der Waals surface area contributed by atoms with Crippen molar-refractivity contribution >= 4 is 14.5 Å². The lowest BCUT2D eigenvalue weighted by molar-refractivity contribution is -0.146. The van der Waals surface area contributed by atoms with Crippen LogP contribution in [0.25, 0.3) is 0 Å². The van der Waals surface area contributed by atoms with E-state index in [1.165, 1.54) is 0 Å². The summed E-state index contributed by atoms with van der Waals surface area (Å²) in [6.45, 7) is 6.71. The van der Waals surface area contributed by atoms with E-state index in [1.54, 1.807) is 12.4 Å². The second-order valence-corrected chi connectivity index (χ2v) is 8.29. The van der Waals surface area contributed by atoms with Crippen molar-refractivity contribution in [3.8, 4) is 0 Å². The zero-order valence-corrected chi connectivity index (χ0v) is 13.4. The Morgan fingerprint density at radius 1 is 1.35 bits per heavy atom. The predicted octanol–water partition coefficient (Wildman–Crippen LogP) is 2.66. The zero-order chi connectivity index (χ0) is 14.8. The van der Waals surface area contributed by atoms with Crippen LogP contribution in [0, 0.1) is 0 Å². The Bertz CT molecular complexity index is 397. The number of nitrogens with zero attached hydrogens (tertiary/aromatic N) is 1. The average molecular weight is 297 g/mol. The van der Waals surface area contributed by atoms with Crippen molar-refractivity contribution in [2.45, 2.75) is 39.5 Å². The van der Waals surface area contributed by atoms with E-state index in [-0.39, 0.29) is 12.6 Å². The van der Waals surface area contributed by atoms with E-state index in [1.807, 2.05) is 32.2 Å². The van der Waals surface area contributed by atoms with Gasteiger partial charge in [0.25, 0.3) is 0 Å². The molecular formula is C14H23NO4Si. The van der Waals surface area contributed by atoms with Crippen LogP contribution in [-0.4, -0.2) is 32.7 Å². The molecule has 0 spiro atoms. The largest absolute Gasteiger partial charge is 0.464 e. The molecule has 0 aromatic carbocycles. The smallest absolute Gasteiger partial charge is 0.332 e. The van der Waals surface area contributed by atoms with Crippen LogP contribution >= 0.6 is 0 Å². The summed E-state index contributed by atoms with van der Waals surface area (Å²) >= 11 is 0. The maximum Gasteiger partial charge on any atom is 0.332 e. The van der Waals surface area contributed by atoms with Crippen LogP contribution in [0.4, 0.5) is 0 Å². The first-order valence-electron chi connectivity index (χ1n) is 6.86. The first-order chi connectivity index (χ1) is 9.53. The first kappa shape index (κ1) is 16.8. The molecule has 112 valence electrons. The number of aromatic nitrogens is 1. The predicted molar refractivity (Wildman–Crippen MR) is 78.3 cm³/mol. The van der Waals surface area contributed by atoms with Gasteiger partial charge in [-0.3, -0.25) is 4.98 Å². The Labute approximate surface area is 121 Å². The van der Waals surface area contributed by atoms with Gasteiger partial charge in [-0.2, -0.15) is 0 Å². The molecule has 0 aliphatic carbocycles. The Balaban J connectivity index is 2.25. The van der Waals surface area contributed by atoms with E-state index in [4.69, 9.17) is 13.6 Å². The van der Waals surface area contributed by atoms with Crippen molar-refractivity contribution in [1.29, 1.82) is 0 Å². The van der Waals surface area contributed by atoms with Gasteiger partial charge in [-0.25, -0.2) is 4.79 Å². The molecule has 6 heteroatoms. The van der Waals surface area contributed by atoms with Crippen molar-refractivity contribution < 1.29 is 18.4 Å². The van der Waals surface area contributed by atoms with E-state index < -0.39 is 8.56 Å². The van der Waals surface area contributed by atoms with Crippen LogP contribution in [0.5, 0.6) is 0 Å². The molecule has 0 unspecified atom stereocenters. The second kappa shape index (κ2) is 8.83. The first-order valence-corrected chi connectivity index (χ1v) is 9.67. The summed E-state index contributed by atoms with van der Waals surface area (Å²) in [5, 5.41) is 0. The molecule has 0 bridgehead atoms. The highest BCUT2D eigenvalue weighted by molar-refractivity contribution is 6.64. The molecule has 1 rings (SSSR count). The fraction of sp³-hybridized carbons (Fsp3) is 0.571. The molecule has 0 fully saturated rings. The third-order valence-corrected chi connectivity index (χ3v) is 4.29. The number of pyridine rings is 1. The summed E-state index contributed by atoms with van der Waals surface area (Å²) in [6.07, 6.45) is 5.35. The summed E-state index contributed by atoms with van der Waals surface area (Å²) < 4.78 is 16.4. The lowest BCUT2D eigenvalue weighted by Crippen LogP contribution is -2.37. The van der Waals surface area contributed by atoms with Gasteiger partial charge in [-0.05, 0) is 31.1 Å². The minimum absolute atomic E-state index is 0.0457. The number of unbranched alkanes of at least 4 members (excludes halogenated alkanes) is 1. The summed E-state index contributed by atoms with van der Waals surface area (Å²) in [5.74, 6) is -0.330. The Hall–Kier alpha value is -1.24. The van der Waals surface area contributed by atoms with E-state index in [2.05, 4.69) is 4.98 Å². The quantitative estimate of drug-likeness (QED) is 0.398. The number of carbonyl (C=O) groups excluding carboxylic acids is 1. The van der Waals surface area contributed by atoms with Gasteiger partial charge in [-0.1, -0.05) is 19.4 Å². The third-order valence-electron chi connectivity index (χ3n) is 2.61. The van der Waals surface area contributed by atoms with Crippen molar-refractivity contribution in [1.82, 2.24) is 4.98 Å². The minimum atomic E-state index is -2.33. The molecule has 1 heterocycles. The number of carbonyl (C=O) groups is 1. The summed E-state index contributed by atoms with van der Waals surface area (Å²) in [5.41, 5.74) is 0.988. The molecule has 0 radical (unpaired) electrons. The van der Waals surface area contributed by atoms with Crippen LogP contribution in [0.1, 0.15) is 25.3 Å². The van der Waals surface area contributed by atoms with Gasteiger partial charge < -0.3 is 13.6 Å². The van der Waals surface area contributed by atoms with E-state index >= 15 is 0 Å². The fourth-order valence-electron chi connectivity index (χ4n) is 1.39. The maximum absolute atomic E-state index is 11.4. The summed E-state index contributed by atoms with van der Waals surface area (Å²) in [4.78, 5) is 15.5. The molecule has 0 aliphatic heterocycles. The van der Waals surface area contributed by atoms with Gasteiger partial charge in [0.05, 0.1) is 13.2 Å². The normalized spacial score (nSPS) is 11.3. The van der Waals surface area contributed by atoms with Crippen molar-refractivity contribution in [3.05, 3.63) is 30.1 Å². The molecule has 0 N–H and O–H groups in total. The zero-order valence-electron chi connectivity index (χ0n) is 12.4. The molecule has 0 amide bonds. The lowest BCUT2D eigenvalue weighted by Gasteiger charge is -2.22. The van der Waals surface area contributed by atoms with Crippen molar-refractivity contribution in [2.24, 2.45) is 0 Å². The number of ether oxygens (including phenoxy) is 1. The van der Waals surface area contributed by atoms with E-state index in [9.17, 15) is 4.79 Å². The summed E-state index contributed by atoms with van der Waals surface area (Å²) in [6, 6.07) is 3.80. The molecular weight excluding hydrogens is 274 g/mol. The van der Waals surface area contributed by atoms with Crippen LogP contribution in [0.15, 0.2) is 24.5 Å². The molecule has 1 aromatic heterocycles. The van der Waals surface area contributed by atoms with Crippen LogP contribution in [0.3, 0.4) is 0 Å². The molecule has 5 nitrogen and oxygen atoms in total. The van der Waals surface area contributed by atoms with Gasteiger partial charge >= 0.3 is 14.5 Å². The van der Waals surface area contributed by atoms with Gasteiger partial charge in [0.1, 0.15) is 6.61 Å². The fourth-order valence-corrected chi connectivity index (χ4v) is 2.45. The lowest BCUT2D eigenvalue weighted by atomic mass is 10.3. The highest BCUT2D eigenvalue weighted by Gasteiger charge is 2.26. The third kappa shape index (κ3) is 7.37. The highest BCUT2D eigenvalue weighted by atomic mass is 28.4. The highest BCUT2D eigenvalue weighted by Crippen LogP contribution is 2.10. The topological polar surface area (TPSA) is 57.7 Å². The number of rotatable bonds is 9. The average Bonchev–Trinajstić information content (AvgIpc) is 2.45. The molecule has 0 atom stereocenters. The minimum Gasteiger partial charge on any atom is -0.464 e. The van der Waals surface area contributed by atoms with E-state index in [0.717, 1.165) is 18.4 Å². The van der Waals surface area contributed by atoms with Gasteiger partial charge in [0, 0.05) is 12.4 Å². The van der Waals surface area contributed by atoms with Gasteiger partial charge in [0.2, 0.25) is 0 Å². The molecule has 20 heavy (non-hydrogen) atoms. The van der Waals surface area contributed by atoms with E-state index in [0.29, 0.717) is 13.2 Å². The number of esters is 1. The molecule has 0 saturated carbocycles. The molecule has 1 aromatic rings. The molecule has 0 saturated heterocycles. The van der Waals surface area contributed by atoms with Gasteiger partial charge in [0.15, 0.2) is 0 Å². The van der Waals surface area contributed by atoms with Crippen LogP contribution in [-0.2, 0) is 25.0 Å². The second-order valence-electron chi connectivity index (χ2n) is 4.91.